The average Bonchev–Trinajstić information content (AvgIpc) is 3.26. The Bertz CT molecular complexity index is 1030. The zero-order valence-electron chi connectivity index (χ0n) is 15.0. The summed E-state index contributed by atoms with van der Waals surface area (Å²) in [6.45, 7) is 3.08. The van der Waals surface area contributed by atoms with Crippen molar-refractivity contribution in [3.63, 3.8) is 0 Å². The van der Waals surface area contributed by atoms with Gasteiger partial charge in [-0.15, -0.1) is 11.3 Å². The summed E-state index contributed by atoms with van der Waals surface area (Å²) in [4.78, 5) is 20.1. The Morgan fingerprint density at radius 1 is 1.15 bits per heavy atom. The van der Waals surface area contributed by atoms with Crippen LogP contribution in [0.1, 0.15) is 36.6 Å². The van der Waals surface area contributed by atoms with E-state index in [0.29, 0.717) is 25.8 Å². The van der Waals surface area contributed by atoms with E-state index in [1.807, 2.05) is 11.4 Å². The van der Waals surface area contributed by atoms with Crippen molar-refractivity contribution in [3.05, 3.63) is 57.5 Å². The van der Waals surface area contributed by atoms with Crippen LogP contribution in [0.2, 0.25) is 0 Å². The molecule has 4 heterocycles. The van der Waals surface area contributed by atoms with E-state index in [1.165, 1.54) is 16.9 Å². The van der Waals surface area contributed by atoms with Crippen LogP contribution >= 0.6 is 11.3 Å². The van der Waals surface area contributed by atoms with Gasteiger partial charge in [-0.3, -0.25) is 14.1 Å². The Kier molecular flexibility index (Phi) is 4.33. The van der Waals surface area contributed by atoms with Crippen molar-refractivity contribution >= 4 is 16.3 Å². The predicted octanol–water partition coefficient (Wildman–Crippen LogP) is 3.25. The molecule has 0 amide bonds. The second-order valence-corrected chi connectivity index (χ2v) is 7.90. The fourth-order valence-corrected chi connectivity index (χ4v) is 4.70. The molecule has 0 spiro atoms. The number of thiazole rings is 1. The summed E-state index contributed by atoms with van der Waals surface area (Å²) in [6, 6.07) is 8.25. The molecule has 5 rings (SSSR count). The van der Waals surface area contributed by atoms with Crippen molar-refractivity contribution in [2.24, 2.45) is 0 Å². The molecule has 1 fully saturated rings. The minimum Gasteiger partial charge on any atom is -0.490 e. The highest BCUT2D eigenvalue weighted by molar-refractivity contribution is 7.15. The number of likely N-dealkylation sites (tertiary alicyclic amines) is 1. The predicted molar refractivity (Wildman–Crippen MR) is 104 cm³/mol. The van der Waals surface area contributed by atoms with Crippen LogP contribution < -0.4 is 15.0 Å². The highest BCUT2D eigenvalue weighted by atomic mass is 32.1. The Balaban J connectivity index is 1.41. The van der Waals surface area contributed by atoms with E-state index in [9.17, 15) is 4.79 Å². The highest BCUT2D eigenvalue weighted by Gasteiger charge is 2.27. The number of nitrogens with zero attached hydrogens (tertiary/aromatic N) is 3. The molecule has 0 bridgehead atoms. The maximum absolute atomic E-state index is 12.3. The van der Waals surface area contributed by atoms with Crippen molar-refractivity contribution in [3.8, 4) is 11.5 Å². The summed E-state index contributed by atoms with van der Waals surface area (Å²) < 4.78 is 13.2. The molecule has 0 saturated carbocycles. The fourth-order valence-electron chi connectivity index (χ4n) is 3.96. The van der Waals surface area contributed by atoms with E-state index in [4.69, 9.17) is 9.47 Å². The molecule has 2 aliphatic rings. The fraction of sp³-hybridized carbons (Fsp3) is 0.400. The van der Waals surface area contributed by atoms with Gasteiger partial charge in [-0.1, -0.05) is 6.07 Å². The van der Waals surface area contributed by atoms with Crippen molar-refractivity contribution in [2.45, 2.75) is 31.8 Å². The molecule has 1 saturated heterocycles. The second-order valence-electron chi connectivity index (χ2n) is 7.03. The lowest BCUT2D eigenvalue weighted by Gasteiger charge is -2.25. The standard InChI is InChI=1S/C20H21N3O3S/c24-19-12-15(21-20-23(19)7-10-27-20)13-22-6-1-3-16(22)14-4-5-17-18(11-14)26-9-2-8-25-17/h4-5,7,10-12,16H,1-3,6,8-9,13H2. The molecule has 7 heteroatoms. The first-order valence-electron chi connectivity index (χ1n) is 9.37. The summed E-state index contributed by atoms with van der Waals surface area (Å²) in [5, 5.41) is 1.89. The van der Waals surface area contributed by atoms with E-state index in [-0.39, 0.29) is 5.56 Å². The maximum Gasteiger partial charge on any atom is 0.258 e. The molecule has 140 valence electrons. The number of fused-ring (bicyclic) bond motifs is 2. The zero-order valence-corrected chi connectivity index (χ0v) is 15.8. The van der Waals surface area contributed by atoms with Crippen LogP contribution in [0.3, 0.4) is 0 Å². The van der Waals surface area contributed by atoms with Crippen LogP contribution in [0.25, 0.3) is 4.96 Å². The van der Waals surface area contributed by atoms with Crippen molar-refractivity contribution in [2.75, 3.05) is 19.8 Å². The molecule has 2 aromatic heterocycles. The molecule has 0 aliphatic carbocycles. The lowest BCUT2D eigenvalue weighted by Crippen LogP contribution is -2.25. The van der Waals surface area contributed by atoms with Gasteiger partial charge in [0.25, 0.3) is 5.56 Å². The van der Waals surface area contributed by atoms with E-state index in [0.717, 1.165) is 48.0 Å². The molecule has 0 radical (unpaired) electrons. The van der Waals surface area contributed by atoms with Gasteiger partial charge < -0.3 is 9.47 Å². The number of aromatic nitrogens is 2. The third-order valence-corrected chi connectivity index (χ3v) is 6.00. The Morgan fingerprint density at radius 3 is 2.96 bits per heavy atom. The summed E-state index contributed by atoms with van der Waals surface area (Å²) in [7, 11) is 0. The average molecular weight is 383 g/mol. The van der Waals surface area contributed by atoms with Crippen molar-refractivity contribution < 1.29 is 9.47 Å². The highest BCUT2D eigenvalue weighted by Crippen LogP contribution is 2.38. The van der Waals surface area contributed by atoms with Gasteiger partial charge in [0.1, 0.15) is 0 Å². The Labute approximate surface area is 161 Å². The largest absolute Gasteiger partial charge is 0.490 e. The van der Waals surface area contributed by atoms with Crippen LogP contribution in [0.15, 0.2) is 40.6 Å². The molecule has 3 aromatic rings. The van der Waals surface area contributed by atoms with Gasteiger partial charge in [0.05, 0.1) is 18.9 Å². The van der Waals surface area contributed by atoms with Crippen molar-refractivity contribution in [1.82, 2.24) is 14.3 Å². The first-order valence-corrected chi connectivity index (χ1v) is 10.3. The molecule has 1 unspecified atom stereocenters. The van der Waals surface area contributed by atoms with Gasteiger partial charge in [-0.2, -0.15) is 0 Å². The normalized spacial score (nSPS) is 20.1. The first kappa shape index (κ1) is 16.8. The van der Waals surface area contributed by atoms with Gasteiger partial charge >= 0.3 is 0 Å². The third-order valence-electron chi connectivity index (χ3n) is 5.24. The SMILES string of the molecule is O=c1cc(CN2CCCC2c2ccc3c(c2)OCCCO3)nc2sccn12. The van der Waals surface area contributed by atoms with E-state index in [1.54, 1.807) is 16.7 Å². The maximum atomic E-state index is 12.3. The number of hydrogen-bond donors (Lipinski definition) is 0. The molecule has 2 aliphatic heterocycles. The molecule has 1 aromatic carbocycles. The molecule has 0 N–H and O–H groups in total. The molecule has 1 atom stereocenters. The molecular formula is C20H21N3O3S. The van der Waals surface area contributed by atoms with Gasteiger partial charge in [-0.25, -0.2) is 4.98 Å². The minimum absolute atomic E-state index is 0.0115. The van der Waals surface area contributed by atoms with Crippen LogP contribution in [0, 0.1) is 0 Å². The van der Waals surface area contributed by atoms with E-state index in [2.05, 4.69) is 22.0 Å². The lowest BCUT2D eigenvalue weighted by molar-refractivity contribution is 0.244. The summed E-state index contributed by atoms with van der Waals surface area (Å²) in [5.74, 6) is 1.67. The third kappa shape index (κ3) is 3.21. The Morgan fingerprint density at radius 2 is 2.04 bits per heavy atom. The van der Waals surface area contributed by atoms with Gasteiger partial charge in [0.15, 0.2) is 16.5 Å². The zero-order chi connectivity index (χ0) is 18.2. The van der Waals surface area contributed by atoms with Gasteiger partial charge in [0.2, 0.25) is 0 Å². The van der Waals surface area contributed by atoms with Crippen LogP contribution in [-0.2, 0) is 6.54 Å². The van der Waals surface area contributed by atoms with E-state index >= 15 is 0 Å². The molecule has 27 heavy (non-hydrogen) atoms. The molecule has 6 nitrogen and oxygen atoms in total. The monoisotopic (exact) mass is 383 g/mol. The van der Waals surface area contributed by atoms with Crippen LogP contribution in [0.5, 0.6) is 11.5 Å². The summed E-state index contributed by atoms with van der Waals surface area (Å²) >= 11 is 1.49. The lowest BCUT2D eigenvalue weighted by atomic mass is 10.0. The number of ether oxygens (including phenoxy) is 2. The summed E-state index contributed by atoms with van der Waals surface area (Å²) in [6.07, 6.45) is 4.92. The number of benzene rings is 1. The van der Waals surface area contributed by atoms with E-state index < -0.39 is 0 Å². The van der Waals surface area contributed by atoms with Crippen LogP contribution in [0.4, 0.5) is 0 Å². The summed E-state index contributed by atoms with van der Waals surface area (Å²) in [5.41, 5.74) is 2.07. The van der Waals surface area contributed by atoms with Gasteiger partial charge in [-0.05, 0) is 37.1 Å². The van der Waals surface area contributed by atoms with Gasteiger partial charge in [0, 0.05) is 36.7 Å². The Hall–Kier alpha value is -2.38. The molecular weight excluding hydrogens is 362 g/mol. The smallest absolute Gasteiger partial charge is 0.258 e. The topological polar surface area (TPSA) is 56.1 Å². The number of hydrogen-bond acceptors (Lipinski definition) is 6. The quantitative estimate of drug-likeness (QED) is 0.695. The van der Waals surface area contributed by atoms with Crippen LogP contribution in [-0.4, -0.2) is 34.0 Å². The van der Waals surface area contributed by atoms with Crippen molar-refractivity contribution in [1.29, 1.82) is 0 Å². The second kappa shape index (κ2) is 6.98. The first-order chi connectivity index (χ1) is 13.3. The number of rotatable bonds is 3. The minimum atomic E-state index is -0.0115.